The van der Waals surface area contributed by atoms with Gasteiger partial charge >= 0.3 is 0 Å². The summed E-state index contributed by atoms with van der Waals surface area (Å²) in [5.74, 6) is 1.73. The van der Waals surface area contributed by atoms with Gasteiger partial charge in [0.2, 0.25) is 0 Å². The molecule has 18 heavy (non-hydrogen) atoms. The van der Waals surface area contributed by atoms with E-state index in [1.165, 1.54) is 0 Å². The van der Waals surface area contributed by atoms with Gasteiger partial charge in [-0.15, -0.1) is 0 Å². The van der Waals surface area contributed by atoms with Crippen LogP contribution in [0.25, 0.3) is 22.0 Å². The molecule has 0 aliphatic carbocycles. The van der Waals surface area contributed by atoms with Crippen molar-refractivity contribution in [3.63, 3.8) is 0 Å². The van der Waals surface area contributed by atoms with E-state index in [1.54, 1.807) is 0 Å². The Hall–Kier alpha value is -1.87. The van der Waals surface area contributed by atoms with Crippen LogP contribution in [0, 0.1) is 0 Å². The molecule has 0 amide bonds. The van der Waals surface area contributed by atoms with Crippen molar-refractivity contribution >= 4 is 26.7 Å². The zero-order valence-corrected chi connectivity index (χ0v) is 10.9. The average Bonchev–Trinajstić information content (AvgIpc) is 2.39. The normalized spacial score (nSPS) is 12.1. The van der Waals surface area contributed by atoms with Crippen LogP contribution in [0.3, 0.4) is 0 Å². The van der Waals surface area contributed by atoms with Crippen LogP contribution >= 0.6 is 15.9 Å². The highest BCUT2D eigenvalue weighted by Gasteiger charge is 2.20. The molecule has 86 valence electrons. The Balaban J connectivity index is 2.17. The molecule has 2 aromatic carbocycles. The summed E-state index contributed by atoms with van der Waals surface area (Å²) in [6.45, 7) is 0. The van der Waals surface area contributed by atoms with Crippen molar-refractivity contribution in [2.24, 2.45) is 0 Å². The molecule has 0 saturated carbocycles. The van der Waals surface area contributed by atoms with Crippen LogP contribution < -0.4 is 4.74 Å². The average molecular weight is 298 g/mol. The van der Waals surface area contributed by atoms with Crippen molar-refractivity contribution in [3.05, 3.63) is 53.1 Å². The highest BCUT2D eigenvalue weighted by atomic mass is 79.9. The maximum Gasteiger partial charge on any atom is 0.138 e. The molecule has 4 rings (SSSR count). The lowest BCUT2D eigenvalue weighted by Crippen LogP contribution is -1.98. The van der Waals surface area contributed by atoms with Crippen molar-refractivity contribution in [1.29, 1.82) is 0 Å². The summed E-state index contributed by atoms with van der Waals surface area (Å²) in [5.41, 5.74) is 2.04. The van der Waals surface area contributed by atoms with Crippen LogP contribution in [0.4, 0.5) is 0 Å². The molecule has 1 aromatic heterocycles. The third-order valence-electron chi connectivity index (χ3n) is 3.17. The number of ether oxygens (including phenoxy) is 1. The van der Waals surface area contributed by atoms with E-state index in [9.17, 15) is 0 Å². The summed E-state index contributed by atoms with van der Waals surface area (Å²) in [7, 11) is 0. The molecule has 3 aromatic rings. The zero-order chi connectivity index (χ0) is 12.1. The fourth-order valence-electron chi connectivity index (χ4n) is 2.38. The van der Waals surface area contributed by atoms with E-state index in [0.29, 0.717) is 0 Å². The summed E-state index contributed by atoms with van der Waals surface area (Å²) < 4.78 is 6.97. The van der Waals surface area contributed by atoms with Gasteiger partial charge in [0.25, 0.3) is 0 Å². The summed E-state index contributed by atoms with van der Waals surface area (Å²) in [6, 6.07) is 14.1. The van der Waals surface area contributed by atoms with Gasteiger partial charge in [0, 0.05) is 16.2 Å². The summed E-state index contributed by atoms with van der Waals surface area (Å²) in [5, 5.41) is 2.25. The minimum absolute atomic E-state index is 0.850. The van der Waals surface area contributed by atoms with Crippen molar-refractivity contribution in [3.8, 4) is 22.8 Å². The highest BCUT2D eigenvalue weighted by Crippen LogP contribution is 2.45. The standard InChI is InChI=1S/C15H8BrNO/c16-10-4-5-11-13(8-10)18-12-3-1-2-9-6-7-17-15(11)14(9)12/h1-8H. The van der Waals surface area contributed by atoms with Gasteiger partial charge in [-0.25, -0.2) is 0 Å². The summed E-state index contributed by atoms with van der Waals surface area (Å²) in [4.78, 5) is 4.51. The molecular formula is C15H8BrNO. The largest absolute Gasteiger partial charge is 0.456 e. The first-order valence-electron chi connectivity index (χ1n) is 5.68. The molecule has 1 aliphatic rings. The number of halogens is 1. The fourth-order valence-corrected chi connectivity index (χ4v) is 2.72. The molecule has 0 atom stereocenters. The molecule has 2 heterocycles. The molecule has 0 N–H and O–H groups in total. The first-order valence-corrected chi connectivity index (χ1v) is 6.48. The van der Waals surface area contributed by atoms with E-state index in [2.05, 4.69) is 27.0 Å². The lowest BCUT2D eigenvalue weighted by Gasteiger charge is -2.20. The zero-order valence-electron chi connectivity index (χ0n) is 9.35. The number of hydrogen-bond acceptors (Lipinski definition) is 2. The van der Waals surface area contributed by atoms with Crippen LogP contribution in [-0.2, 0) is 0 Å². The lowest BCUT2D eigenvalue weighted by molar-refractivity contribution is 0.486. The van der Waals surface area contributed by atoms with Crippen molar-refractivity contribution in [2.75, 3.05) is 0 Å². The van der Waals surface area contributed by atoms with Gasteiger partial charge in [-0.05, 0) is 35.7 Å². The van der Waals surface area contributed by atoms with Gasteiger partial charge < -0.3 is 4.74 Å². The van der Waals surface area contributed by atoms with Crippen molar-refractivity contribution in [2.45, 2.75) is 0 Å². The molecule has 0 saturated heterocycles. The molecule has 2 nitrogen and oxygen atoms in total. The number of pyridine rings is 1. The second-order valence-corrected chi connectivity index (χ2v) is 5.17. The van der Waals surface area contributed by atoms with Crippen LogP contribution in [0.1, 0.15) is 0 Å². The van der Waals surface area contributed by atoms with Crippen LogP contribution in [0.5, 0.6) is 11.5 Å². The molecule has 0 spiro atoms. The first-order chi connectivity index (χ1) is 8.83. The number of nitrogens with zero attached hydrogens (tertiary/aromatic N) is 1. The van der Waals surface area contributed by atoms with Gasteiger partial charge in [-0.1, -0.05) is 28.1 Å². The second kappa shape index (κ2) is 3.56. The summed E-state index contributed by atoms with van der Waals surface area (Å²) in [6.07, 6.45) is 1.85. The molecule has 0 radical (unpaired) electrons. The first kappa shape index (κ1) is 10.1. The van der Waals surface area contributed by atoms with E-state index < -0.39 is 0 Å². The smallest absolute Gasteiger partial charge is 0.138 e. The van der Waals surface area contributed by atoms with Crippen molar-refractivity contribution < 1.29 is 4.74 Å². The van der Waals surface area contributed by atoms with E-state index in [4.69, 9.17) is 4.74 Å². The molecule has 0 bridgehead atoms. The number of hydrogen-bond donors (Lipinski definition) is 0. The third kappa shape index (κ3) is 1.31. The number of aromatic nitrogens is 1. The van der Waals surface area contributed by atoms with Crippen molar-refractivity contribution in [1.82, 2.24) is 4.98 Å². The SMILES string of the molecule is Brc1ccc2c(c1)Oc1cccc3ccnc-2c13. The van der Waals surface area contributed by atoms with Gasteiger partial charge in [0.15, 0.2) is 0 Å². The Bertz CT molecular complexity index is 777. The predicted molar refractivity (Wildman–Crippen MR) is 75.0 cm³/mol. The van der Waals surface area contributed by atoms with Gasteiger partial charge in [-0.3, -0.25) is 4.98 Å². The molecule has 3 heteroatoms. The van der Waals surface area contributed by atoms with Gasteiger partial charge in [0.1, 0.15) is 11.5 Å². The Morgan fingerprint density at radius 3 is 2.89 bits per heavy atom. The van der Waals surface area contributed by atoms with Gasteiger partial charge in [0.05, 0.1) is 11.1 Å². The number of benzene rings is 2. The number of fused-ring (bicyclic) bond motifs is 2. The van der Waals surface area contributed by atoms with E-state index >= 15 is 0 Å². The molecule has 0 unspecified atom stereocenters. The van der Waals surface area contributed by atoms with E-state index in [0.717, 1.165) is 38.0 Å². The van der Waals surface area contributed by atoms with E-state index in [1.807, 2.05) is 42.6 Å². The highest BCUT2D eigenvalue weighted by molar-refractivity contribution is 9.10. The van der Waals surface area contributed by atoms with Crippen LogP contribution in [0.15, 0.2) is 53.1 Å². The minimum Gasteiger partial charge on any atom is -0.456 e. The maximum absolute atomic E-state index is 5.96. The minimum atomic E-state index is 0.850. The predicted octanol–water partition coefficient (Wildman–Crippen LogP) is 4.77. The maximum atomic E-state index is 5.96. The molecule has 0 fully saturated rings. The Labute approximate surface area is 112 Å². The number of rotatable bonds is 0. The summed E-state index contributed by atoms with van der Waals surface area (Å²) >= 11 is 3.47. The van der Waals surface area contributed by atoms with E-state index in [-0.39, 0.29) is 0 Å². The third-order valence-corrected chi connectivity index (χ3v) is 3.66. The topological polar surface area (TPSA) is 22.1 Å². The Kier molecular flexibility index (Phi) is 2.00. The van der Waals surface area contributed by atoms with Gasteiger partial charge in [-0.2, -0.15) is 0 Å². The monoisotopic (exact) mass is 297 g/mol. The second-order valence-electron chi connectivity index (χ2n) is 4.26. The van der Waals surface area contributed by atoms with Crippen LogP contribution in [-0.4, -0.2) is 4.98 Å². The fraction of sp³-hybridized carbons (Fsp3) is 0. The Morgan fingerprint density at radius 2 is 1.94 bits per heavy atom. The lowest BCUT2D eigenvalue weighted by atomic mass is 10.0. The molecular weight excluding hydrogens is 290 g/mol. The van der Waals surface area contributed by atoms with Crippen LogP contribution in [0.2, 0.25) is 0 Å². The Morgan fingerprint density at radius 1 is 1.00 bits per heavy atom. The quantitative estimate of drug-likeness (QED) is 0.466. The molecule has 1 aliphatic heterocycles.